The number of rotatable bonds is 2. The van der Waals surface area contributed by atoms with Gasteiger partial charge in [-0.25, -0.2) is 0 Å². The third-order valence-electron chi connectivity index (χ3n) is 4.10. The van der Waals surface area contributed by atoms with Crippen LogP contribution < -0.4 is 0 Å². The van der Waals surface area contributed by atoms with Gasteiger partial charge in [-0.05, 0) is 46.8 Å². The van der Waals surface area contributed by atoms with E-state index in [0.29, 0.717) is 11.1 Å². The summed E-state index contributed by atoms with van der Waals surface area (Å²) in [5, 5.41) is 10.2. The number of imide groups is 1. The minimum absolute atomic E-state index is 0.337. The Morgan fingerprint density at radius 3 is 2.05 bits per heavy atom. The van der Waals surface area contributed by atoms with Crippen LogP contribution in [0.1, 0.15) is 54.0 Å². The summed E-state index contributed by atoms with van der Waals surface area (Å²) in [6.45, 7) is 8.47. The summed E-state index contributed by atoms with van der Waals surface area (Å²) >= 11 is 0. The third-order valence-corrected chi connectivity index (χ3v) is 4.10. The third kappa shape index (κ3) is 1.87. The zero-order valence-electron chi connectivity index (χ0n) is 11.9. The van der Waals surface area contributed by atoms with E-state index in [1.54, 1.807) is 39.8 Å². The Morgan fingerprint density at radius 2 is 1.53 bits per heavy atom. The molecule has 1 N–H and O–H groups in total. The van der Waals surface area contributed by atoms with Crippen LogP contribution in [0.25, 0.3) is 0 Å². The first-order chi connectivity index (χ1) is 8.57. The smallest absolute Gasteiger partial charge is 0.262 e. The number of carbonyl (C=O) groups excluding carboxylic acids is 2. The molecule has 19 heavy (non-hydrogen) atoms. The molecule has 2 rings (SSSR count). The van der Waals surface area contributed by atoms with Crippen LogP contribution in [0.15, 0.2) is 18.2 Å². The van der Waals surface area contributed by atoms with Gasteiger partial charge < -0.3 is 5.11 Å². The molecular weight excluding hydrogens is 242 g/mol. The lowest BCUT2D eigenvalue weighted by Gasteiger charge is -2.43. The highest BCUT2D eigenvalue weighted by Gasteiger charge is 2.50. The highest BCUT2D eigenvalue weighted by molar-refractivity contribution is 6.22. The van der Waals surface area contributed by atoms with Gasteiger partial charge in [0, 0.05) is 0 Å². The average molecular weight is 261 g/mol. The molecule has 1 heterocycles. The molecule has 4 nitrogen and oxygen atoms in total. The molecule has 0 radical (unpaired) electrons. The summed E-state index contributed by atoms with van der Waals surface area (Å²) in [7, 11) is 0. The Labute approximate surface area is 113 Å². The molecule has 0 saturated carbocycles. The van der Waals surface area contributed by atoms with Gasteiger partial charge in [-0.3, -0.25) is 14.5 Å². The molecule has 1 aliphatic rings. The second kappa shape index (κ2) is 3.90. The minimum Gasteiger partial charge on any atom is -0.388 e. The van der Waals surface area contributed by atoms with Crippen LogP contribution in [-0.4, -0.2) is 33.0 Å². The zero-order valence-corrected chi connectivity index (χ0v) is 11.9. The number of hydrogen-bond acceptors (Lipinski definition) is 3. The Balaban J connectivity index is 2.55. The molecule has 4 heteroatoms. The molecule has 0 unspecified atom stereocenters. The molecule has 1 aliphatic heterocycles. The Morgan fingerprint density at radius 1 is 1.00 bits per heavy atom. The summed E-state index contributed by atoms with van der Waals surface area (Å²) < 4.78 is 0. The van der Waals surface area contributed by atoms with Gasteiger partial charge >= 0.3 is 0 Å². The topological polar surface area (TPSA) is 57.6 Å². The van der Waals surface area contributed by atoms with E-state index in [-0.39, 0.29) is 11.8 Å². The van der Waals surface area contributed by atoms with Gasteiger partial charge in [0.1, 0.15) is 0 Å². The molecule has 2 amide bonds. The van der Waals surface area contributed by atoms with Crippen LogP contribution in [0.5, 0.6) is 0 Å². The van der Waals surface area contributed by atoms with Gasteiger partial charge in [0.25, 0.3) is 11.8 Å². The first-order valence-electron chi connectivity index (χ1n) is 6.29. The Kier molecular flexibility index (Phi) is 2.82. The SMILES string of the molecule is Cc1ccc2c(c1)C(=O)N(C(C)(C)C(C)(C)O)C2=O. The highest BCUT2D eigenvalue weighted by atomic mass is 16.3. The largest absolute Gasteiger partial charge is 0.388 e. The Bertz CT molecular complexity index is 567. The van der Waals surface area contributed by atoms with Crippen LogP contribution >= 0.6 is 0 Å². The molecule has 0 atom stereocenters. The molecular formula is C15H19NO3. The molecule has 102 valence electrons. The summed E-state index contributed by atoms with van der Waals surface area (Å²) in [5.74, 6) is -0.678. The van der Waals surface area contributed by atoms with E-state index in [2.05, 4.69) is 0 Å². The van der Waals surface area contributed by atoms with E-state index in [1.165, 1.54) is 0 Å². The summed E-state index contributed by atoms with van der Waals surface area (Å²) in [6, 6.07) is 5.20. The fourth-order valence-electron chi connectivity index (χ4n) is 2.14. The summed E-state index contributed by atoms with van der Waals surface area (Å²) in [5.41, 5.74) is -0.401. The number of carbonyl (C=O) groups is 2. The van der Waals surface area contributed by atoms with Crippen molar-refractivity contribution in [2.24, 2.45) is 0 Å². The van der Waals surface area contributed by atoms with Gasteiger partial charge in [-0.15, -0.1) is 0 Å². The van der Waals surface area contributed by atoms with Gasteiger partial charge in [-0.1, -0.05) is 11.6 Å². The first kappa shape index (κ1) is 13.7. The van der Waals surface area contributed by atoms with Gasteiger partial charge in [0.05, 0.1) is 22.3 Å². The second-order valence-electron chi connectivity index (χ2n) is 6.11. The van der Waals surface area contributed by atoms with E-state index >= 15 is 0 Å². The van der Waals surface area contributed by atoms with E-state index in [4.69, 9.17) is 0 Å². The molecule has 0 spiro atoms. The van der Waals surface area contributed by atoms with Crippen molar-refractivity contribution in [2.75, 3.05) is 0 Å². The van der Waals surface area contributed by atoms with Crippen molar-refractivity contribution in [2.45, 2.75) is 45.8 Å². The normalized spacial score (nSPS) is 16.0. The lowest BCUT2D eigenvalue weighted by Crippen LogP contribution is -2.59. The predicted molar refractivity (Wildman–Crippen MR) is 72.1 cm³/mol. The predicted octanol–water partition coefficient (Wildman–Crippen LogP) is 2.14. The van der Waals surface area contributed by atoms with Crippen molar-refractivity contribution < 1.29 is 14.7 Å². The quantitative estimate of drug-likeness (QED) is 0.830. The van der Waals surface area contributed by atoms with Crippen molar-refractivity contribution in [3.05, 3.63) is 34.9 Å². The number of aliphatic hydroxyl groups is 1. The van der Waals surface area contributed by atoms with Crippen molar-refractivity contribution in [3.63, 3.8) is 0 Å². The Hall–Kier alpha value is -1.68. The van der Waals surface area contributed by atoms with E-state index < -0.39 is 11.1 Å². The fourth-order valence-corrected chi connectivity index (χ4v) is 2.14. The molecule has 0 aliphatic carbocycles. The van der Waals surface area contributed by atoms with Crippen LogP contribution in [0.2, 0.25) is 0 Å². The van der Waals surface area contributed by atoms with Crippen LogP contribution in [0, 0.1) is 6.92 Å². The maximum Gasteiger partial charge on any atom is 0.262 e. The van der Waals surface area contributed by atoms with Gasteiger partial charge in [-0.2, -0.15) is 0 Å². The van der Waals surface area contributed by atoms with Gasteiger partial charge in [0.2, 0.25) is 0 Å². The number of fused-ring (bicyclic) bond motifs is 1. The van der Waals surface area contributed by atoms with Gasteiger partial charge in [0.15, 0.2) is 0 Å². The first-order valence-corrected chi connectivity index (χ1v) is 6.29. The molecule has 0 aromatic heterocycles. The van der Waals surface area contributed by atoms with Crippen molar-refractivity contribution in [3.8, 4) is 0 Å². The standard InChI is InChI=1S/C15H19NO3/c1-9-6-7-10-11(8-9)13(18)16(12(10)17)14(2,3)15(4,5)19/h6-8,19H,1-5H3. The lowest BCUT2D eigenvalue weighted by atomic mass is 9.84. The van der Waals surface area contributed by atoms with E-state index in [1.807, 2.05) is 13.0 Å². The van der Waals surface area contributed by atoms with Crippen LogP contribution in [0.3, 0.4) is 0 Å². The van der Waals surface area contributed by atoms with E-state index in [0.717, 1.165) is 10.5 Å². The molecule has 0 bridgehead atoms. The molecule has 1 aromatic rings. The van der Waals surface area contributed by atoms with Crippen molar-refractivity contribution in [1.29, 1.82) is 0 Å². The van der Waals surface area contributed by atoms with Crippen molar-refractivity contribution in [1.82, 2.24) is 4.90 Å². The number of aryl methyl sites for hydroxylation is 1. The van der Waals surface area contributed by atoms with Crippen molar-refractivity contribution >= 4 is 11.8 Å². The zero-order chi connectivity index (χ0) is 14.6. The lowest BCUT2D eigenvalue weighted by molar-refractivity contribution is -0.0486. The fraction of sp³-hybridized carbons (Fsp3) is 0.467. The number of hydrogen-bond donors (Lipinski definition) is 1. The number of nitrogens with zero attached hydrogens (tertiary/aromatic N) is 1. The molecule has 0 saturated heterocycles. The molecule has 0 fully saturated rings. The summed E-state index contributed by atoms with van der Waals surface area (Å²) in [6.07, 6.45) is 0. The maximum absolute atomic E-state index is 12.4. The van der Waals surface area contributed by atoms with Crippen LogP contribution in [0.4, 0.5) is 0 Å². The summed E-state index contributed by atoms with van der Waals surface area (Å²) in [4.78, 5) is 26.0. The molecule has 1 aromatic carbocycles. The maximum atomic E-state index is 12.4. The second-order valence-corrected chi connectivity index (χ2v) is 6.11. The van der Waals surface area contributed by atoms with Crippen LogP contribution in [-0.2, 0) is 0 Å². The highest BCUT2D eigenvalue weighted by Crippen LogP contribution is 2.35. The number of benzene rings is 1. The monoisotopic (exact) mass is 261 g/mol. The minimum atomic E-state index is -1.19. The number of amides is 2. The van der Waals surface area contributed by atoms with E-state index in [9.17, 15) is 14.7 Å². The average Bonchev–Trinajstić information content (AvgIpc) is 2.50.